The summed E-state index contributed by atoms with van der Waals surface area (Å²) in [5.74, 6) is 1.76. The van der Waals surface area contributed by atoms with Crippen molar-refractivity contribution >= 4 is 51.6 Å². The first-order valence-electron chi connectivity index (χ1n) is 5.78. The zero-order valence-electron chi connectivity index (χ0n) is 9.58. The second-order valence-electron chi connectivity index (χ2n) is 4.46. The molecule has 1 amide bonds. The van der Waals surface area contributed by atoms with Gasteiger partial charge in [-0.3, -0.25) is 4.79 Å². The molecule has 1 saturated heterocycles. The lowest BCUT2D eigenvalue weighted by Gasteiger charge is -2.35. The number of hydrogen-bond acceptors (Lipinski definition) is 3. The van der Waals surface area contributed by atoms with E-state index in [0.717, 1.165) is 29.4 Å². The first kappa shape index (κ1) is 12.5. The molecule has 0 bridgehead atoms. The third-order valence-electron chi connectivity index (χ3n) is 3.27. The molecular weight excluding hydrogens is 366 g/mol. The highest BCUT2D eigenvalue weighted by Gasteiger charge is 2.30. The van der Waals surface area contributed by atoms with E-state index < -0.39 is 0 Å². The summed E-state index contributed by atoms with van der Waals surface area (Å²) in [6, 6.07) is 3.45. The number of carbonyl (C=O) groups is 1. The third kappa shape index (κ3) is 2.20. The van der Waals surface area contributed by atoms with Gasteiger partial charge in [0.05, 0.1) is 14.9 Å². The van der Waals surface area contributed by atoms with Gasteiger partial charge in [0.1, 0.15) is 5.82 Å². The first-order chi connectivity index (χ1) is 8.65. The van der Waals surface area contributed by atoms with Crippen molar-refractivity contribution in [3.63, 3.8) is 0 Å². The van der Waals surface area contributed by atoms with Crippen LogP contribution in [0.25, 0.3) is 0 Å². The van der Waals surface area contributed by atoms with Gasteiger partial charge in [-0.1, -0.05) is 0 Å². The number of carbonyl (C=O) groups excluding carboxylic acids is 1. The number of amides is 1. The standard InChI is InChI=1S/C12H12FIN2OS/c13-8-4-11-10(5-9(8)14)15-12(17)3-7-6-18-2-1-16(7)11/h4-5,7H,1-3,6H2,(H,15,17). The SMILES string of the molecule is O=C1CC2CSCCN2c2cc(F)c(I)cc2N1. The van der Waals surface area contributed by atoms with Gasteiger partial charge in [0.2, 0.25) is 5.91 Å². The smallest absolute Gasteiger partial charge is 0.226 e. The van der Waals surface area contributed by atoms with Gasteiger partial charge in [-0.15, -0.1) is 0 Å². The quantitative estimate of drug-likeness (QED) is 0.705. The molecule has 0 saturated carbocycles. The van der Waals surface area contributed by atoms with Crippen molar-refractivity contribution in [1.29, 1.82) is 0 Å². The van der Waals surface area contributed by atoms with Gasteiger partial charge in [0, 0.05) is 36.6 Å². The van der Waals surface area contributed by atoms with Crippen molar-refractivity contribution in [2.24, 2.45) is 0 Å². The van der Waals surface area contributed by atoms with Gasteiger partial charge in [-0.2, -0.15) is 11.8 Å². The molecule has 3 nitrogen and oxygen atoms in total. The summed E-state index contributed by atoms with van der Waals surface area (Å²) in [6.45, 7) is 0.872. The second-order valence-corrected chi connectivity index (χ2v) is 6.77. The zero-order chi connectivity index (χ0) is 12.7. The number of rotatable bonds is 0. The summed E-state index contributed by atoms with van der Waals surface area (Å²) in [6.07, 6.45) is 0.486. The number of nitrogens with one attached hydrogen (secondary N) is 1. The van der Waals surface area contributed by atoms with Crippen LogP contribution in [0.2, 0.25) is 0 Å². The molecule has 1 N–H and O–H groups in total. The molecule has 0 radical (unpaired) electrons. The molecule has 1 aromatic rings. The molecule has 1 atom stereocenters. The summed E-state index contributed by atoms with van der Waals surface area (Å²) in [5.41, 5.74) is 1.56. The number of thioether (sulfide) groups is 1. The maximum Gasteiger partial charge on any atom is 0.226 e. The van der Waals surface area contributed by atoms with Crippen LogP contribution >= 0.6 is 34.4 Å². The Kier molecular flexibility index (Phi) is 3.40. The highest BCUT2D eigenvalue weighted by molar-refractivity contribution is 14.1. The first-order valence-corrected chi connectivity index (χ1v) is 8.02. The Balaban J connectivity index is 2.09. The molecule has 0 aliphatic carbocycles. The lowest BCUT2D eigenvalue weighted by Crippen LogP contribution is -2.42. The van der Waals surface area contributed by atoms with Gasteiger partial charge in [0.25, 0.3) is 0 Å². The van der Waals surface area contributed by atoms with Crippen LogP contribution in [0, 0.1) is 9.39 Å². The Morgan fingerprint density at radius 2 is 2.33 bits per heavy atom. The lowest BCUT2D eigenvalue weighted by molar-refractivity contribution is -0.116. The normalized spacial score (nSPS) is 22.9. The van der Waals surface area contributed by atoms with Crippen LogP contribution in [0.3, 0.4) is 0 Å². The highest BCUT2D eigenvalue weighted by atomic mass is 127. The van der Waals surface area contributed by atoms with E-state index in [2.05, 4.69) is 10.2 Å². The average Bonchev–Trinajstić information content (AvgIpc) is 2.46. The van der Waals surface area contributed by atoms with Gasteiger partial charge in [-0.05, 0) is 28.7 Å². The van der Waals surface area contributed by atoms with E-state index in [4.69, 9.17) is 0 Å². The fraction of sp³-hybridized carbons (Fsp3) is 0.417. The lowest BCUT2D eigenvalue weighted by atomic mass is 10.1. The molecule has 6 heteroatoms. The van der Waals surface area contributed by atoms with E-state index in [1.54, 1.807) is 12.1 Å². The third-order valence-corrected chi connectivity index (χ3v) is 5.19. The van der Waals surface area contributed by atoms with Crippen LogP contribution in [-0.2, 0) is 4.79 Å². The predicted octanol–water partition coefficient (Wildman–Crippen LogP) is 2.69. The van der Waals surface area contributed by atoms with E-state index in [0.29, 0.717) is 9.99 Å². The van der Waals surface area contributed by atoms with Crippen molar-refractivity contribution in [3.05, 3.63) is 21.5 Å². The average molecular weight is 378 g/mol. The van der Waals surface area contributed by atoms with Crippen LogP contribution in [0.1, 0.15) is 6.42 Å². The molecule has 0 aromatic heterocycles. The minimum atomic E-state index is -0.220. The van der Waals surface area contributed by atoms with Crippen LogP contribution < -0.4 is 10.2 Å². The van der Waals surface area contributed by atoms with E-state index in [1.165, 1.54) is 0 Å². The minimum absolute atomic E-state index is 0.0219. The van der Waals surface area contributed by atoms with Gasteiger partial charge < -0.3 is 10.2 Å². The van der Waals surface area contributed by atoms with Crippen molar-refractivity contribution in [2.45, 2.75) is 12.5 Å². The number of halogens is 2. The Morgan fingerprint density at radius 1 is 1.50 bits per heavy atom. The van der Waals surface area contributed by atoms with Crippen molar-refractivity contribution < 1.29 is 9.18 Å². The number of benzene rings is 1. The van der Waals surface area contributed by atoms with E-state index in [9.17, 15) is 9.18 Å². The fourth-order valence-electron chi connectivity index (χ4n) is 2.43. The fourth-order valence-corrected chi connectivity index (χ4v) is 3.96. The van der Waals surface area contributed by atoms with Crippen molar-refractivity contribution in [1.82, 2.24) is 0 Å². The summed E-state index contributed by atoms with van der Waals surface area (Å²) in [4.78, 5) is 14.0. The highest BCUT2D eigenvalue weighted by Crippen LogP contribution is 2.36. The molecule has 1 aromatic carbocycles. The van der Waals surface area contributed by atoms with Crippen LogP contribution in [0.5, 0.6) is 0 Å². The predicted molar refractivity (Wildman–Crippen MR) is 80.8 cm³/mol. The van der Waals surface area contributed by atoms with Gasteiger partial charge >= 0.3 is 0 Å². The number of hydrogen-bond donors (Lipinski definition) is 1. The molecule has 2 aliphatic heterocycles. The monoisotopic (exact) mass is 378 g/mol. The molecule has 3 rings (SSSR count). The topological polar surface area (TPSA) is 32.3 Å². The minimum Gasteiger partial charge on any atom is -0.365 e. The summed E-state index contributed by atoms with van der Waals surface area (Å²) >= 11 is 3.81. The zero-order valence-corrected chi connectivity index (χ0v) is 12.6. The Hall–Kier alpha value is -0.500. The van der Waals surface area contributed by atoms with E-state index >= 15 is 0 Å². The number of fused-ring (bicyclic) bond motifs is 3. The van der Waals surface area contributed by atoms with Crippen LogP contribution in [0.4, 0.5) is 15.8 Å². The van der Waals surface area contributed by atoms with Gasteiger partial charge in [0.15, 0.2) is 0 Å². The van der Waals surface area contributed by atoms with Crippen molar-refractivity contribution in [2.75, 3.05) is 28.3 Å². The van der Waals surface area contributed by atoms with Gasteiger partial charge in [-0.25, -0.2) is 4.39 Å². The summed E-state index contributed by atoms with van der Waals surface area (Å²) < 4.78 is 14.3. The summed E-state index contributed by atoms with van der Waals surface area (Å²) in [7, 11) is 0. The maximum atomic E-state index is 13.7. The molecule has 18 heavy (non-hydrogen) atoms. The molecule has 2 heterocycles. The van der Waals surface area contributed by atoms with E-state index in [1.807, 2.05) is 34.4 Å². The number of anilines is 2. The van der Waals surface area contributed by atoms with Crippen LogP contribution in [-0.4, -0.2) is 30.0 Å². The number of nitrogens with zero attached hydrogens (tertiary/aromatic N) is 1. The Bertz CT molecular complexity index is 511. The molecule has 96 valence electrons. The largest absolute Gasteiger partial charge is 0.365 e. The molecule has 1 fully saturated rings. The Morgan fingerprint density at radius 3 is 3.17 bits per heavy atom. The second kappa shape index (κ2) is 4.88. The molecule has 1 unspecified atom stereocenters. The van der Waals surface area contributed by atoms with Crippen LogP contribution in [0.15, 0.2) is 12.1 Å². The maximum absolute atomic E-state index is 13.7. The van der Waals surface area contributed by atoms with E-state index in [-0.39, 0.29) is 17.8 Å². The molecule has 0 spiro atoms. The molecule has 2 aliphatic rings. The molecular formula is C12H12FIN2OS. The Labute approximate surface area is 123 Å². The summed E-state index contributed by atoms with van der Waals surface area (Å²) in [5, 5.41) is 2.89. The van der Waals surface area contributed by atoms with Crippen molar-refractivity contribution in [3.8, 4) is 0 Å².